The van der Waals surface area contributed by atoms with E-state index < -0.39 is 0 Å². The van der Waals surface area contributed by atoms with Gasteiger partial charge in [-0.2, -0.15) is 0 Å². The Morgan fingerprint density at radius 2 is 1.91 bits per heavy atom. The molecule has 0 saturated carbocycles. The summed E-state index contributed by atoms with van der Waals surface area (Å²) in [6.45, 7) is 2.07. The molecule has 118 valence electrons. The first kappa shape index (κ1) is 15.5. The van der Waals surface area contributed by atoms with Crippen molar-refractivity contribution in [2.75, 3.05) is 14.2 Å². The highest BCUT2D eigenvalue weighted by atomic mass is 32.1. The Kier molecular flexibility index (Phi) is 4.57. The van der Waals surface area contributed by atoms with Gasteiger partial charge in [0.1, 0.15) is 0 Å². The highest BCUT2D eigenvalue weighted by molar-refractivity contribution is 7.10. The van der Waals surface area contributed by atoms with Gasteiger partial charge in [0, 0.05) is 23.6 Å². The molecule has 0 N–H and O–H groups in total. The van der Waals surface area contributed by atoms with E-state index in [1.54, 1.807) is 25.6 Å². The smallest absolute Gasteiger partial charge is 0.161 e. The largest absolute Gasteiger partial charge is 0.493 e. The van der Waals surface area contributed by atoms with Gasteiger partial charge in [-0.1, -0.05) is 6.07 Å². The van der Waals surface area contributed by atoms with E-state index in [2.05, 4.69) is 23.4 Å². The van der Waals surface area contributed by atoms with Crippen LogP contribution in [0.2, 0.25) is 0 Å². The van der Waals surface area contributed by atoms with Crippen LogP contribution < -0.4 is 9.47 Å². The third-order valence-corrected chi connectivity index (χ3v) is 4.52. The van der Waals surface area contributed by atoms with Crippen molar-refractivity contribution in [1.29, 1.82) is 0 Å². The van der Waals surface area contributed by atoms with Gasteiger partial charge in [-0.15, -0.1) is 11.3 Å². The van der Waals surface area contributed by atoms with Crippen LogP contribution in [0.5, 0.6) is 11.5 Å². The topological polar surface area (TPSA) is 44.2 Å². The molecule has 5 heteroatoms. The number of benzene rings is 1. The number of hydrogen-bond acceptors (Lipinski definition) is 5. The minimum Gasteiger partial charge on any atom is -0.493 e. The van der Waals surface area contributed by atoms with E-state index in [0.29, 0.717) is 5.75 Å². The van der Waals surface area contributed by atoms with E-state index in [4.69, 9.17) is 14.5 Å². The number of pyridine rings is 1. The fraction of sp³-hybridized carbons (Fsp3) is 0.222. The fourth-order valence-corrected chi connectivity index (χ4v) is 3.17. The molecule has 2 aromatic heterocycles. The van der Waals surface area contributed by atoms with Gasteiger partial charge in [0.05, 0.1) is 30.6 Å². The Hall–Kier alpha value is -2.40. The summed E-state index contributed by atoms with van der Waals surface area (Å²) in [5, 5.41) is 3.12. The Labute approximate surface area is 139 Å². The maximum absolute atomic E-state index is 5.36. The molecule has 2 heterocycles. The molecular weight excluding hydrogens is 308 g/mol. The van der Waals surface area contributed by atoms with E-state index in [1.807, 2.05) is 30.5 Å². The third kappa shape index (κ3) is 3.35. The first-order chi connectivity index (χ1) is 11.2. The molecule has 0 radical (unpaired) electrons. The van der Waals surface area contributed by atoms with Crippen LogP contribution in [0, 0.1) is 6.92 Å². The van der Waals surface area contributed by atoms with Gasteiger partial charge in [0.15, 0.2) is 11.5 Å². The van der Waals surface area contributed by atoms with E-state index in [9.17, 15) is 0 Å². The first-order valence-corrected chi connectivity index (χ1v) is 8.16. The quantitative estimate of drug-likeness (QED) is 0.707. The molecule has 0 spiro atoms. The molecule has 3 aromatic rings. The Balaban J connectivity index is 1.86. The molecule has 0 fully saturated rings. The molecule has 1 aromatic carbocycles. The monoisotopic (exact) mass is 326 g/mol. The van der Waals surface area contributed by atoms with Crippen molar-refractivity contribution in [3.05, 3.63) is 58.2 Å². The number of methoxy groups -OCH3 is 2. The number of hydrogen-bond donors (Lipinski definition) is 0. The number of thiazole rings is 1. The van der Waals surface area contributed by atoms with Crippen LogP contribution in [0.3, 0.4) is 0 Å². The predicted octanol–water partition coefficient (Wildman–Crippen LogP) is 4.12. The van der Waals surface area contributed by atoms with Crippen LogP contribution in [0.25, 0.3) is 11.3 Å². The second-order valence-electron chi connectivity index (χ2n) is 5.14. The summed E-state index contributed by atoms with van der Waals surface area (Å²) in [5.41, 5.74) is 4.22. The van der Waals surface area contributed by atoms with Gasteiger partial charge in [-0.05, 0) is 36.8 Å². The van der Waals surface area contributed by atoms with Crippen molar-refractivity contribution in [2.45, 2.75) is 13.3 Å². The lowest BCUT2D eigenvalue weighted by Gasteiger charge is -2.08. The predicted molar refractivity (Wildman–Crippen MR) is 92.4 cm³/mol. The Bertz CT molecular complexity index is 814. The summed E-state index contributed by atoms with van der Waals surface area (Å²) in [5.74, 6) is 1.43. The fourth-order valence-electron chi connectivity index (χ4n) is 2.37. The minimum absolute atomic E-state index is 0.708. The average molecular weight is 326 g/mol. The molecule has 0 aliphatic carbocycles. The molecule has 0 amide bonds. The van der Waals surface area contributed by atoms with Gasteiger partial charge in [0.25, 0.3) is 0 Å². The van der Waals surface area contributed by atoms with Crippen molar-refractivity contribution in [1.82, 2.24) is 9.97 Å². The molecule has 0 aliphatic heterocycles. The highest BCUT2D eigenvalue weighted by Gasteiger charge is 2.10. The molecule has 4 nitrogen and oxygen atoms in total. The lowest BCUT2D eigenvalue weighted by atomic mass is 10.1. The second-order valence-corrected chi connectivity index (χ2v) is 6.08. The maximum Gasteiger partial charge on any atom is 0.161 e. The molecular formula is C18H18N2O2S. The van der Waals surface area contributed by atoms with E-state index in [-0.39, 0.29) is 0 Å². The zero-order chi connectivity index (χ0) is 16.2. The SMILES string of the molecule is COc1ccc(-c2csc(Cc3ncccc3C)n2)cc1OC. The summed E-state index contributed by atoms with van der Waals surface area (Å²) in [7, 11) is 3.27. The molecule has 0 bridgehead atoms. The van der Waals surface area contributed by atoms with Crippen LogP contribution in [0.4, 0.5) is 0 Å². The van der Waals surface area contributed by atoms with Crippen molar-refractivity contribution in [2.24, 2.45) is 0 Å². The van der Waals surface area contributed by atoms with Crippen molar-refractivity contribution in [3.8, 4) is 22.8 Å². The van der Waals surface area contributed by atoms with Crippen LogP contribution in [-0.4, -0.2) is 24.2 Å². The summed E-state index contributed by atoms with van der Waals surface area (Å²) in [4.78, 5) is 9.17. The van der Waals surface area contributed by atoms with E-state index in [1.165, 1.54) is 5.56 Å². The van der Waals surface area contributed by atoms with Crippen LogP contribution in [0.1, 0.15) is 16.3 Å². The Morgan fingerprint density at radius 3 is 2.65 bits per heavy atom. The zero-order valence-corrected chi connectivity index (χ0v) is 14.2. The second kappa shape index (κ2) is 6.79. The zero-order valence-electron chi connectivity index (χ0n) is 13.4. The molecule has 0 unspecified atom stereocenters. The molecule has 0 saturated heterocycles. The van der Waals surface area contributed by atoms with Gasteiger partial charge in [0.2, 0.25) is 0 Å². The number of aromatic nitrogens is 2. The summed E-state index contributed by atoms with van der Waals surface area (Å²) >= 11 is 1.65. The highest BCUT2D eigenvalue weighted by Crippen LogP contribution is 2.33. The van der Waals surface area contributed by atoms with E-state index >= 15 is 0 Å². The van der Waals surface area contributed by atoms with Crippen LogP contribution >= 0.6 is 11.3 Å². The van der Waals surface area contributed by atoms with Crippen molar-refractivity contribution in [3.63, 3.8) is 0 Å². The first-order valence-electron chi connectivity index (χ1n) is 7.28. The lowest BCUT2D eigenvalue weighted by molar-refractivity contribution is 0.355. The number of ether oxygens (including phenoxy) is 2. The average Bonchev–Trinajstić information content (AvgIpc) is 3.05. The Morgan fingerprint density at radius 1 is 1.09 bits per heavy atom. The van der Waals surface area contributed by atoms with Crippen molar-refractivity contribution >= 4 is 11.3 Å². The standard InChI is InChI=1S/C18H18N2O2S/c1-12-5-4-8-19-14(12)10-18-20-15(11-23-18)13-6-7-16(21-2)17(9-13)22-3/h4-9,11H,10H2,1-3H3. The summed E-state index contributed by atoms with van der Waals surface area (Å²) < 4.78 is 10.6. The normalized spacial score (nSPS) is 10.6. The summed E-state index contributed by atoms with van der Waals surface area (Å²) in [6, 6.07) is 9.87. The van der Waals surface area contributed by atoms with Gasteiger partial charge in [-0.3, -0.25) is 4.98 Å². The maximum atomic E-state index is 5.36. The van der Waals surface area contributed by atoms with Gasteiger partial charge < -0.3 is 9.47 Å². The molecule has 3 rings (SSSR count). The number of rotatable bonds is 5. The molecule has 0 aliphatic rings. The third-order valence-electron chi connectivity index (χ3n) is 3.67. The van der Waals surface area contributed by atoms with Crippen LogP contribution in [0.15, 0.2) is 41.9 Å². The molecule has 23 heavy (non-hydrogen) atoms. The minimum atomic E-state index is 0.708. The number of aryl methyl sites for hydroxylation is 1. The van der Waals surface area contributed by atoms with Gasteiger partial charge >= 0.3 is 0 Å². The lowest BCUT2D eigenvalue weighted by Crippen LogP contribution is -1.95. The van der Waals surface area contributed by atoms with E-state index in [0.717, 1.165) is 34.1 Å². The van der Waals surface area contributed by atoms with Gasteiger partial charge in [-0.25, -0.2) is 4.98 Å². The molecule has 0 atom stereocenters. The van der Waals surface area contributed by atoms with Crippen molar-refractivity contribution < 1.29 is 9.47 Å². The summed E-state index contributed by atoms with van der Waals surface area (Å²) in [6.07, 6.45) is 2.58. The van der Waals surface area contributed by atoms with Crippen LogP contribution in [-0.2, 0) is 6.42 Å². The number of nitrogens with zero attached hydrogens (tertiary/aromatic N) is 2.